The van der Waals surface area contributed by atoms with E-state index in [1.807, 2.05) is 48.9 Å². The molecule has 4 aromatic rings. The summed E-state index contributed by atoms with van der Waals surface area (Å²) in [6.45, 7) is 4.50. The summed E-state index contributed by atoms with van der Waals surface area (Å²) in [6.07, 6.45) is 3.90. The van der Waals surface area contributed by atoms with Gasteiger partial charge in [-0.05, 0) is 64.3 Å². The number of cyclic esters (lactones) is 1. The third-order valence-electron chi connectivity index (χ3n) is 7.00. The Labute approximate surface area is 229 Å². The number of ether oxygens (including phenoxy) is 2. The Hall–Kier alpha value is -4.48. The van der Waals surface area contributed by atoms with E-state index in [2.05, 4.69) is 20.1 Å². The van der Waals surface area contributed by atoms with E-state index in [0.29, 0.717) is 17.1 Å². The number of amides is 1. The van der Waals surface area contributed by atoms with Gasteiger partial charge in [0.25, 0.3) is 0 Å². The van der Waals surface area contributed by atoms with Crippen LogP contribution in [0.1, 0.15) is 60.8 Å². The molecule has 40 heavy (non-hydrogen) atoms. The summed E-state index contributed by atoms with van der Waals surface area (Å²) in [5.74, 6) is 0.210. The highest BCUT2D eigenvalue weighted by Gasteiger charge is 2.41. The average Bonchev–Trinajstić information content (AvgIpc) is 3.69. The number of halogens is 2. The number of alkyl halides is 2. The van der Waals surface area contributed by atoms with Gasteiger partial charge in [-0.1, -0.05) is 12.1 Å². The summed E-state index contributed by atoms with van der Waals surface area (Å²) in [5.41, 5.74) is 3.99. The fraction of sp³-hybridized carbons (Fsp3) is 0.357. The number of hydrogen-bond acceptors (Lipinski definition) is 8. The van der Waals surface area contributed by atoms with E-state index in [9.17, 15) is 13.6 Å². The van der Waals surface area contributed by atoms with Crippen molar-refractivity contribution in [3.05, 3.63) is 71.1 Å². The number of carbonyl (C=O) groups excluding carboxylic acids is 1. The molecule has 10 nitrogen and oxygen atoms in total. The molecule has 3 aromatic heterocycles. The molecule has 0 saturated heterocycles. The van der Waals surface area contributed by atoms with Crippen LogP contribution in [-0.2, 0) is 16.9 Å². The maximum Gasteiger partial charge on any atom is 0.416 e. The molecule has 0 radical (unpaired) electrons. The fourth-order valence-corrected chi connectivity index (χ4v) is 4.93. The summed E-state index contributed by atoms with van der Waals surface area (Å²) in [6, 6.07) is 9.67. The molecule has 1 saturated carbocycles. The number of rotatable bonds is 7. The van der Waals surface area contributed by atoms with Gasteiger partial charge >= 0.3 is 12.7 Å². The second-order valence-electron chi connectivity index (χ2n) is 10.5. The number of nitrogens with zero attached hydrogens (tertiary/aromatic N) is 7. The van der Waals surface area contributed by atoms with E-state index in [-0.39, 0.29) is 29.7 Å². The highest BCUT2D eigenvalue weighted by Crippen LogP contribution is 2.46. The van der Waals surface area contributed by atoms with Crippen molar-refractivity contribution in [3.63, 3.8) is 0 Å². The van der Waals surface area contributed by atoms with E-state index >= 15 is 0 Å². The predicted molar refractivity (Wildman–Crippen MR) is 140 cm³/mol. The maximum atomic E-state index is 13.3. The lowest BCUT2D eigenvalue weighted by molar-refractivity contribution is -0.0525. The summed E-state index contributed by atoms with van der Waals surface area (Å²) in [5, 5.41) is 4.52. The molecule has 0 bridgehead atoms. The minimum Gasteiger partial charge on any atom is -0.438 e. The van der Waals surface area contributed by atoms with E-state index in [1.54, 1.807) is 20.0 Å². The number of carbonyl (C=O) groups is 1. The Morgan fingerprint density at radius 2 is 1.88 bits per heavy atom. The van der Waals surface area contributed by atoms with Crippen LogP contribution in [0.5, 0.6) is 5.88 Å². The second kappa shape index (κ2) is 9.61. The normalized spacial score (nSPS) is 16.2. The summed E-state index contributed by atoms with van der Waals surface area (Å²) in [7, 11) is 0. The molecule has 206 valence electrons. The molecule has 0 N–H and O–H groups in total. The molecule has 1 amide bonds. The highest BCUT2D eigenvalue weighted by molar-refractivity contribution is 5.90. The predicted octanol–water partition coefficient (Wildman–Crippen LogP) is 5.61. The van der Waals surface area contributed by atoms with E-state index in [4.69, 9.17) is 14.5 Å². The van der Waals surface area contributed by atoms with Gasteiger partial charge in [0.05, 0.1) is 29.2 Å². The molecule has 1 aliphatic heterocycles. The smallest absolute Gasteiger partial charge is 0.416 e. The van der Waals surface area contributed by atoms with Crippen LogP contribution in [0.25, 0.3) is 17.1 Å². The van der Waals surface area contributed by atoms with Crippen molar-refractivity contribution in [2.24, 2.45) is 0 Å². The Balaban J connectivity index is 1.40. The van der Waals surface area contributed by atoms with Gasteiger partial charge in [0.15, 0.2) is 5.82 Å². The zero-order chi connectivity index (χ0) is 28.2. The first kappa shape index (κ1) is 25.8. The van der Waals surface area contributed by atoms with Crippen molar-refractivity contribution in [2.45, 2.75) is 65.2 Å². The number of aromatic nitrogens is 6. The van der Waals surface area contributed by atoms with Gasteiger partial charge in [-0.15, -0.1) is 0 Å². The van der Waals surface area contributed by atoms with Crippen LogP contribution in [0.2, 0.25) is 0 Å². The highest BCUT2D eigenvalue weighted by atomic mass is 19.3. The molecule has 6 rings (SSSR count). The Bertz CT molecular complexity index is 1600. The molecule has 0 atom stereocenters. The average molecular weight is 548 g/mol. The van der Waals surface area contributed by atoms with Gasteiger partial charge in [-0.25, -0.2) is 29.4 Å². The molecular formula is C28H27F2N7O3. The zero-order valence-corrected chi connectivity index (χ0v) is 22.4. The van der Waals surface area contributed by atoms with Gasteiger partial charge in [0, 0.05) is 17.8 Å². The molecular weight excluding hydrogens is 520 g/mol. The molecule has 1 aromatic carbocycles. The van der Waals surface area contributed by atoms with Crippen molar-refractivity contribution in [3.8, 4) is 23.0 Å². The van der Waals surface area contributed by atoms with Crippen molar-refractivity contribution < 1.29 is 23.0 Å². The first-order valence-electron chi connectivity index (χ1n) is 12.9. The summed E-state index contributed by atoms with van der Waals surface area (Å²) in [4.78, 5) is 32.1. The van der Waals surface area contributed by atoms with Crippen LogP contribution in [0.3, 0.4) is 0 Å². The lowest BCUT2D eigenvalue weighted by Crippen LogP contribution is -2.43. The molecule has 0 unspecified atom stereocenters. The second-order valence-corrected chi connectivity index (χ2v) is 10.5. The third kappa shape index (κ3) is 4.74. The SMILES string of the molecule is Cc1cc(C)n(-c2ccc(CN3C(=O)OC(C)(C)c4cnc(-c5c(OC(F)F)ncnc5C5CC5)nc43)cc2)n1. The van der Waals surface area contributed by atoms with Gasteiger partial charge in [-0.3, -0.25) is 4.90 Å². The van der Waals surface area contributed by atoms with Crippen LogP contribution >= 0.6 is 0 Å². The van der Waals surface area contributed by atoms with Crippen LogP contribution in [0.4, 0.5) is 19.4 Å². The monoisotopic (exact) mass is 547 g/mol. The molecule has 2 aliphatic rings. The molecule has 1 aliphatic carbocycles. The zero-order valence-electron chi connectivity index (χ0n) is 22.4. The van der Waals surface area contributed by atoms with Gasteiger partial charge in [-0.2, -0.15) is 13.9 Å². The van der Waals surface area contributed by atoms with Crippen LogP contribution in [0, 0.1) is 13.8 Å². The minimum atomic E-state index is -3.08. The first-order chi connectivity index (χ1) is 19.1. The van der Waals surface area contributed by atoms with Gasteiger partial charge in [0.1, 0.15) is 23.3 Å². The van der Waals surface area contributed by atoms with Crippen molar-refractivity contribution in [2.75, 3.05) is 4.90 Å². The largest absolute Gasteiger partial charge is 0.438 e. The topological polar surface area (TPSA) is 108 Å². The van der Waals surface area contributed by atoms with Crippen LogP contribution in [0.15, 0.2) is 42.9 Å². The van der Waals surface area contributed by atoms with E-state index < -0.39 is 18.3 Å². The lowest BCUT2D eigenvalue weighted by Gasteiger charge is -2.37. The number of hydrogen-bond donors (Lipinski definition) is 0. The Morgan fingerprint density at radius 3 is 2.52 bits per heavy atom. The van der Waals surface area contributed by atoms with E-state index in [1.165, 1.54) is 11.2 Å². The Kier molecular flexibility index (Phi) is 6.20. The summed E-state index contributed by atoms with van der Waals surface area (Å²) < 4.78 is 38.8. The maximum absolute atomic E-state index is 13.3. The quantitative estimate of drug-likeness (QED) is 0.294. The first-order valence-corrected chi connectivity index (χ1v) is 12.9. The number of fused-ring (bicyclic) bond motifs is 1. The van der Waals surface area contributed by atoms with Crippen molar-refractivity contribution in [1.82, 2.24) is 29.7 Å². The number of anilines is 1. The van der Waals surface area contributed by atoms with Gasteiger partial charge in [0.2, 0.25) is 5.88 Å². The molecule has 1 fully saturated rings. The number of benzene rings is 1. The van der Waals surface area contributed by atoms with Crippen molar-refractivity contribution >= 4 is 11.9 Å². The minimum absolute atomic E-state index is 0.0795. The summed E-state index contributed by atoms with van der Waals surface area (Å²) >= 11 is 0. The number of aryl methyl sites for hydroxylation is 2. The lowest BCUT2D eigenvalue weighted by atomic mass is 9.98. The van der Waals surface area contributed by atoms with Crippen LogP contribution in [-0.4, -0.2) is 42.4 Å². The van der Waals surface area contributed by atoms with Crippen LogP contribution < -0.4 is 9.64 Å². The third-order valence-corrected chi connectivity index (χ3v) is 7.00. The van der Waals surface area contributed by atoms with Crippen molar-refractivity contribution in [1.29, 1.82) is 0 Å². The van der Waals surface area contributed by atoms with Gasteiger partial charge < -0.3 is 9.47 Å². The fourth-order valence-electron chi connectivity index (χ4n) is 4.93. The standard InChI is InChI=1S/C28H27F2N7O3/c1-15-11-16(2)37(35-15)19-9-5-17(6-10-19)13-36-24-20(28(3,4)40-27(36)38)12-31-23(34-24)21-22(18-7-8-18)32-14-33-25(21)39-26(29)30/h5-6,9-12,14,18,26H,7-8,13H2,1-4H3. The Morgan fingerprint density at radius 1 is 1.12 bits per heavy atom. The molecule has 12 heteroatoms. The molecule has 4 heterocycles. The molecule has 0 spiro atoms. The van der Waals surface area contributed by atoms with E-state index in [0.717, 1.165) is 35.5 Å².